The van der Waals surface area contributed by atoms with Crippen molar-refractivity contribution in [3.05, 3.63) is 56.5 Å². The molecule has 0 aliphatic heterocycles. The second-order valence-corrected chi connectivity index (χ2v) is 7.35. The molecule has 23 heavy (non-hydrogen) atoms. The van der Waals surface area contributed by atoms with Crippen LogP contribution in [0.4, 0.5) is 5.69 Å². The van der Waals surface area contributed by atoms with E-state index >= 15 is 0 Å². The monoisotopic (exact) mass is 372 g/mol. The number of aromatic nitrogens is 1. The molecule has 3 rings (SSSR count). The summed E-state index contributed by atoms with van der Waals surface area (Å²) in [6.45, 7) is 1.61. The molecular formula is C14H10Cl2N2O4S. The highest BCUT2D eigenvalue weighted by molar-refractivity contribution is 7.92. The minimum Gasteiger partial charge on any atom is -0.408 e. The number of sulfonamides is 1. The molecule has 0 amide bonds. The number of aryl methyl sites for hydroxylation is 1. The number of fused-ring (bicyclic) bond motifs is 1. The summed E-state index contributed by atoms with van der Waals surface area (Å²) in [6, 6.07) is 7.25. The summed E-state index contributed by atoms with van der Waals surface area (Å²) >= 11 is 11.8. The molecule has 0 bridgehead atoms. The van der Waals surface area contributed by atoms with Gasteiger partial charge in [0, 0.05) is 11.1 Å². The molecule has 0 saturated carbocycles. The molecule has 6 nitrogen and oxygen atoms in total. The Hall–Kier alpha value is -1.96. The van der Waals surface area contributed by atoms with Crippen LogP contribution in [0.5, 0.6) is 0 Å². The Morgan fingerprint density at radius 2 is 1.91 bits per heavy atom. The van der Waals surface area contributed by atoms with E-state index in [2.05, 4.69) is 9.71 Å². The van der Waals surface area contributed by atoms with E-state index in [1.165, 1.54) is 24.3 Å². The van der Waals surface area contributed by atoms with Gasteiger partial charge in [0.1, 0.15) is 0 Å². The van der Waals surface area contributed by atoms with Crippen molar-refractivity contribution in [3.8, 4) is 0 Å². The maximum atomic E-state index is 12.6. The smallest absolute Gasteiger partial charge is 0.408 e. The molecule has 0 fully saturated rings. The molecule has 0 aliphatic carbocycles. The van der Waals surface area contributed by atoms with Gasteiger partial charge in [0.15, 0.2) is 5.58 Å². The molecule has 0 unspecified atom stereocenters. The Morgan fingerprint density at radius 1 is 1.17 bits per heavy atom. The van der Waals surface area contributed by atoms with Crippen LogP contribution in [0.2, 0.25) is 10.0 Å². The average molecular weight is 373 g/mol. The number of halogens is 2. The van der Waals surface area contributed by atoms with E-state index in [1.54, 1.807) is 13.0 Å². The molecule has 1 heterocycles. The van der Waals surface area contributed by atoms with Crippen LogP contribution < -0.4 is 10.5 Å². The van der Waals surface area contributed by atoms with E-state index in [0.29, 0.717) is 16.1 Å². The number of aromatic amines is 1. The first-order chi connectivity index (χ1) is 10.8. The Kier molecular flexibility index (Phi) is 3.87. The minimum atomic E-state index is -3.93. The van der Waals surface area contributed by atoms with Crippen LogP contribution in [0.15, 0.2) is 44.4 Å². The van der Waals surface area contributed by atoms with Crippen LogP contribution >= 0.6 is 23.2 Å². The zero-order valence-electron chi connectivity index (χ0n) is 11.7. The van der Waals surface area contributed by atoms with Crippen LogP contribution in [-0.4, -0.2) is 13.4 Å². The first-order valence-corrected chi connectivity index (χ1v) is 8.61. The molecule has 0 aliphatic rings. The zero-order chi connectivity index (χ0) is 16.8. The van der Waals surface area contributed by atoms with E-state index in [4.69, 9.17) is 27.6 Å². The number of nitrogens with one attached hydrogen (secondary N) is 2. The fraction of sp³-hybridized carbons (Fsp3) is 0.0714. The van der Waals surface area contributed by atoms with Gasteiger partial charge in [0.2, 0.25) is 0 Å². The lowest BCUT2D eigenvalue weighted by Gasteiger charge is -2.11. The molecule has 0 radical (unpaired) electrons. The van der Waals surface area contributed by atoms with Gasteiger partial charge in [-0.3, -0.25) is 9.71 Å². The Morgan fingerprint density at radius 3 is 2.65 bits per heavy atom. The third-order valence-corrected chi connectivity index (χ3v) is 5.25. The average Bonchev–Trinajstić information content (AvgIpc) is 2.80. The van der Waals surface area contributed by atoms with Crippen molar-refractivity contribution < 1.29 is 12.8 Å². The molecule has 9 heteroatoms. The van der Waals surface area contributed by atoms with Gasteiger partial charge in [-0.2, -0.15) is 0 Å². The standard InChI is InChI=1S/C14H10Cl2N2O4S/c1-7-4-11-12(22-14(19)17-11)6-13(7)23(20,21)18-10-5-8(15)2-3-9(10)16/h2-6,18H,1H3,(H,17,19). The van der Waals surface area contributed by atoms with Gasteiger partial charge in [0.05, 0.1) is 21.1 Å². The Bertz CT molecular complexity index is 1070. The Labute approximate surface area is 141 Å². The highest BCUT2D eigenvalue weighted by Crippen LogP contribution is 2.29. The van der Waals surface area contributed by atoms with Gasteiger partial charge in [-0.25, -0.2) is 13.2 Å². The van der Waals surface area contributed by atoms with Crippen LogP contribution in [0, 0.1) is 6.92 Å². The Balaban J connectivity index is 2.10. The van der Waals surface area contributed by atoms with E-state index in [9.17, 15) is 13.2 Å². The molecular weight excluding hydrogens is 363 g/mol. The van der Waals surface area contributed by atoms with Gasteiger partial charge in [-0.15, -0.1) is 0 Å². The first kappa shape index (κ1) is 15.9. The second-order valence-electron chi connectivity index (χ2n) is 4.86. The van der Waals surface area contributed by atoms with E-state index < -0.39 is 15.8 Å². The lowest BCUT2D eigenvalue weighted by atomic mass is 10.2. The predicted molar refractivity (Wildman–Crippen MR) is 88.8 cm³/mol. The molecule has 0 spiro atoms. The quantitative estimate of drug-likeness (QED) is 0.735. The van der Waals surface area contributed by atoms with Crippen molar-refractivity contribution >= 4 is 50.0 Å². The lowest BCUT2D eigenvalue weighted by Crippen LogP contribution is -2.14. The van der Waals surface area contributed by atoms with Crippen molar-refractivity contribution in [3.63, 3.8) is 0 Å². The van der Waals surface area contributed by atoms with Crippen molar-refractivity contribution in [2.75, 3.05) is 4.72 Å². The summed E-state index contributed by atoms with van der Waals surface area (Å²) in [4.78, 5) is 13.7. The summed E-state index contributed by atoms with van der Waals surface area (Å²) in [5.41, 5.74) is 1.18. The topological polar surface area (TPSA) is 92.2 Å². The lowest BCUT2D eigenvalue weighted by molar-refractivity contribution is 0.554. The fourth-order valence-electron chi connectivity index (χ4n) is 2.15. The summed E-state index contributed by atoms with van der Waals surface area (Å²) < 4.78 is 32.5. The van der Waals surface area contributed by atoms with Crippen LogP contribution in [0.1, 0.15) is 5.56 Å². The third kappa shape index (κ3) is 3.08. The van der Waals surface area contributed by atoms with Crippen LogP contribution in [0.25, 0.3) is 11.1 Å². The summed E-state index contributed by atoms with van der Waals surface area (Å²) in [7, 11) is -3.93. The van der Waals surface area contributed by atoms with Crippen LogP contribution in [-0.2, 0) is 10.0 Å². The molecule has 0 atom stereocenters. The normalized spacial score (nSPS) is 11.8. The van der Waals surface area contributed by atoms with Gasteiger partial charge in [-0.05, 0) is 36.8 Å². The second kappa shape index (κ2) is 5.59. The van der Waals surface area contributed by atoms with Crippen molar-refractivity contribution in [1.82, 2.24) is 4.98 Å². The van der Waals surface area contributed by atoms with Gasteiger partial charge < -0.3 is 4.42 Å². The SMILES string of the molecule is Cc1cc2[nH]c(=O)oc2cc1S(=O)(=O)Nc1cc(Cl)ccc1Cl. The van der Waals surface area contributed by atoms with E-state index in [0.717, 1.165) is 0 Å². The summed E-state index contributed by atoms with van der Waals surface area (Å²) in [5, 5.41) is 0.556. The fourth-order valence-corrected chi connectivity index (χ4v) is 3.86. The molecule has 0 saturated heterocycles. The third-order valence-electron chi connectivity index (χ3n) is 3.18. The number of H-pyrrole nitrogens is 1. The number of hydrogen-bond acceptors (Lipinski definition) is 4. The molecule has 3 aromatic rings. The minimum absolute atomic E-state index is 0.0243. The molecule has 2 N–H and O–H groups in total. The van der Waals surface area contributed by atoms with Gasteiger partial charge in [-0.1, -0.05) is 23.2 Å². The number of anilines is 1. The van der Waals surface area contributed by atoms with E-state index in [1.807, 2.05) is 0 Å². The number of benzene rings is 2. The summed E-state index contributed by atoms with van der Waals surface area (Å²) in [5.74, 6) is -0.653. The largest absolute Gasteiger partial charge is 0.417 e. The molecule has 120 valence electrons. The highest BCUT2D eigenvalue weighted by atomic mass is 35.5. The maximum absolute atomic E-state index is 12.6. The number of rotatable bonds is 3. The van der Waals surface area contributed by atoms with Gasteiger partial charge >= 0.3 is 5.76 Å². The number of hydrogen-bond donors (Lipinski definition) is 2. The van der Waals surface area contributed by atoms with E-state index in [-0.39, 0.29) is 21.2 Å². The highest BCUT2D eigenvalue weighted by Gasteiger charge is 2.20. The van der Waals surface area contributed by atoms with Crippen molar-refractivity contribution in [1.29, 1.82) is 0 Å². The number of oxazole rings is 1. The zero-order valence-corrected chi connectivity index (χ0v) is 14.0. The molecule has 2 aromatic carbocycles. The molecule has 1 aromatic heterocycles. The first-order valence-electron chi connectivity index (χ1n) is 6.37. The van der Waals surface area contributed by atoms with Crippen molar-refractivity contribution in [2.24, 2.45) is 0 Å². The predicted octanol–water partition coefficient (Wildman–Crippen LogP) is 3.54. The van der Waals surface area contributed by atoms with Crippen LogP contribution in [0.3, 0.4) is 0 Å². The maximum Gasteiger partial charge on any atom is 0.417 e. The van der Waals surface area contributed by atoms with Crippen molar-refractivity contribution in [2.45, 2.75) is 11.8 Å². The summed E-state index contributed by atoms with van der Waals surface area (Å²) in [6.07, 6.45) is 0. The van der Waals surface area contributed by atoms with Gasteiger partial charge in [0.25, 0.3) is 10.0 Å².